The maximum Gasteiger partial charge on any atom is 0.347 e. The number of oxime groups is 1. The molecular weight excluding hydrogens is 640 g/mol. The Hall–Kier alpha value is -4.68. The molecule has 0 aliphatic carbocycles. The van der Waals surface area contributed by atoms with Gasteiger partial charge in [-0.2, -0.15) is 4.57 Å². The summed E-state index contributed by atoms with van der Waals surface area (Å²) >= 11 is 8.21. The number of aromatic nitrogens is 3. The number of nitrogen functional groups attached to an aromatic ring is 1. The molecule has 2 aliphatic heterocycles. The van der Waals surface area contributed by atoms with E-state index in [0.717, 1.165) is 16.2 Å². The van der Waals surface area contributed by atoms with Crippen molar-refractivity contribution < 1.29 is 43.6 Å². The number of carbonyl (C=O) groups is 5. The number of carboxylic acid groups (broad SMARTS) is 2. The molecule has 16 nitrogen and oxygen atoms in total. The number of nitrogens with two attached hydrogens (primary N) is 1. The van der Waals surface area contributed by atoms with Gasteiger partial charge in [0.1, 0.15) is 32.8 Å². The molecule has 1 unspecified atom stereocenters. The van der Waals surface area contributed by atoms with Crippen LogP contribution in [-0.4, -0.2) is 78.6 Å². The van der Waals surface area contributed by atoms with Crippen molar-refractivity contribution >= 4 is 92.1 Å². The van der Waals surface area contributed by atoms with Crippen LogP contribution in [0.3, 0.4) is 0 Å². The third-order valence-electron chi connectivity index (χ3n) is 6.56. The minimum Gasteiger partial charge on any atom is -0.543 e. The normalized spacial score (nSPS) is 18.8. The Bertz CT molecular complexity index is 1790. The highest BCUT2D eigenvalue weighted by atomic mass is 35.5. The Balaban J connectivity index is 1.38. The lowest BCUT2D eigenvalue weighted by molar-refractivity contribution is -0.663. The number of aliphatic carboxylic acids is 2. The molecule has 2 aliphatic rings. The maximum absolute atomic E-state index is 13.3. The third-order valence-corrected chi connectivity index (χ3v) is 8.98. The zero-order valence-electron chi connectivity index (χ0n) is 22.8. The minimum absolute atomic E-state index is 0.00122. The molecule has 230 valence electrons. The zero-order valence-corrected chi connectivity index (χ0v) is 25.2. The topological polar surface area (TPSA) is 236 Å². The molecule has 5 heterocycles. The van der Waals surface area contributed by atoms with Crippen LogP contribution in [0.25, 0.3) is 11.0 Å². The Labute approximate surface area is 260 Å². The summed E-state index contributed by atoms with van der Waals surface area (Å²) in [7, 11) is 0. The van der Waals surface area contributed by atoms with Crippen LogP contribution >= 0.6 is 34.7 Å². The molecule has 0 bridgehead atoms. The summed E-state index contributed by atoms with van der Waals surface area (Å²) in [6.45, 7) is 2.65. The number of hydrogen-bond acceptors (Lipinski definition) is 12. The van der Waals surface area contributed by atoms with Gasteiger partial charge in [0.05, 0.1) is 17.7 Å². The molecule has 0 saturated carbocycles. The van der Waals surface area contributed by atoms with Crippen molar-refractivity contribution in [3.05, 3.63) is 45.7 Å². The molecule has 1 saturated heterocycles. The van der Waals surface area contributed by atoms with Gasteiger partial charge in [-0.3, -0.25) is 19.3 Å². The van der Waals surface area contributed by atoms with Crippen molar-refractivity contribution in [1.82, 2.24) is 20.2 Å². The van der Waals surface area contributed by atoms with Crippen molar-refractivity contribution in [2.24, 2.45) is 5.16 Å². The summed E-state index contributed by atoms with van der Waals surface area (Å²) < 4.78 is 1.74. The van der Waals surface area contributed by atoms with Gasteiger partial charge in [-0.15, -0.1) is 11.8 Å². The second kappa shape index (κ2) is 12.1. The highest BCUT2D eigenvalue weighted by Gasteiger charge is 2.53. The van der Waals surface area contributed by atoms with Crippen LogP contribution in [-0.2, 0) is 35.4 Å². The zero-order chi connectivity index (χ0) is 31.9. The van der Waals surface area contributed by atoms with Crippen molar-refractivity contribution in [2.75, 3.05) is 16.8 Å². The lowest BCUT2D eigenvalue weighted by Gasteiger charge is -2.50. The van der Waals surface area contributed by atoms with E-state index in [4.69, 9.17) is 27.3 Å². The first kappa shape index (κ1) is 30.8. The van der Waals surface area contributed by atoms with Crippen LogP contribution in [0, 0.1) is 0 Å². The van der Waals surface area contributed by atoms with Gasteiger partial charge in [-0.05, 0) is 13.0 Å². The molecule has 0 radical (unpaired) electrons. The van der Waals surface area contributed by atoms with E-state index in [1.807, 2.05) is 0 Å². The van der Waals surface area contributed by atoms with E-state index in [9.17, 15) is 29.1 Å². The van der Waals surface area contributed by atoms with E-state index in [2.05, 4.69) is 25.8 Å². The van der Waals surface area contributed by atoms with Gasteiger partial charge in [0.25, 0.3) is 11.8 Å². The number of fused-ring (bicyclic) bond motifs is 2. The standard InChI is InChI=1S/C25H23ClN8O8S2/c1-9(23(38)39)42-32-16(15-19(26)44-25(27)31-15)20(36)30-17-21(37)34-18(24(40)41)11(8-43-22(17)34)7-33-5-3-4-12-13(33)6-14(29-12)28-10(2)35/h3-6,9,17,22H,7-8H2,1-2H3,(H6,27,28,29,30,31,35,36,38,39,40,41)/b32-16-/t9-,17+,22?/m0/s1. The molecule has 3 aromatic heterocycles. The van der Waals surface area contributed by atoms with Crippen LogP contribution in [0.5, 0.6) is 0 Å². The fraction of sp³-hybridized carbons (Fsp3) is 0.280. The van der Waals surface area contributed by atoms with Crippen molar-refractivity contribution in [1.29, 1.82) is 0 Å². The third kappa shape index (κ3) is 5.90. The summed E-state index contributed by atoms with van der Waals surface area (Å²) in [6.07, 6.45) is 0.305. The van der Waals surface area contributed by atoms with Gasteiger partial charge in [0, 0.05) is 24.3 Å². The SMILES string of the molecule is CC(=O)Nc1cc2c(ccc[n+]2CC2=C(C(=O)[O-])N3C(=O)[C@@H](NC(=O)/C(=N\O[C@@H](C)C(=O)O)c4nc(N)sc4Cl)C3SC2)[nH]1. The molecule has 19 heteroatoms. The summed E-state index contributed by atoms with van der Waals surface area (Å²) in [5.41, 5.74) is 6.44. The van der Waals surface area contributed by atoms with E-state index in [-0.39, 0.29) is 39.1 Å². The fourth-order valence-corrected chi connectivity index (χ4v) is 6.85. The van der Waals surface area contributed by atoms with Gasteiger partial charge < -0.3 is 41.2 Å². The molecule has 0 aromatic carbocycles. The molecule has 1 fully saturated rings. The van der Waals surface area contributed by atoms with Crippen molar-refractivity contribution in [3.8, 4) is 0 Å². The number of rotatable bonds is 10. The number of hydrogen-bond donors (Lipinski definition) is 5. The first-order valence-electron chi connectivity index (χ1n) is 12.7. The number of H-pyrrole nitrogens is 1. The molecule has 5 rings (SSSR count). The van der Waals surface area contributed by atoms with Crippen LogP contribution in [0.15, 0.2) is 40.8 Å². The summed E-state index contributed by atoms with van der Waals surface area (Å²) in [4.78, 5) is 74.5. The quantitative estimate of drug-likeness (QED) is 0.0795. The highest BCUT2D eigenvalue weighted by Crippen LogP contribution is 2.40. The van der Waals surface area contributed by atoms with E-state index >= 15 is 0 Å². The number of aromatic amines is 1. The highest BCUT2D eigenvalue weighted by molar-refractivity contribution is 8.00. The number of thiazole rings is 1. The van der Waals surface area contributed by atoms with E-state index in [1.54, 1.807) is 29.0 Å². The van der Waals surface area contributed by atoms with E-state index in [0.29, 0.717) is 22.4 Å². The Morgan fingerprint density at radius 2 is 2.16 bits per heavy atom. The van der Waals surface area contributed by atoms with Gasteiger partial charge in [0.2, 0.25) is 17.5 Å². The number of carboxylic acids is 2. The Kier molecular flexibility index (Phi) is 8.49. The largest absolute Gasteiger partial charge is 0.543 e. The van der Waals surface area contributed by atoms with Gasteiger partial charge in [-0.1, -0.05) is 28.1 Å². The molecule has 44 heavy (non-hydrogen) atoms. The monoisotopic (exact) mass is 662 g/mol. The summed E-state index contributed by atoms with van der Waals surface area (Å²) in [5, 5.41) is 29.4. The lowest BCUT2D eigenvalue weighted by Crippen LogP contribution is -2.71. The number of nitrogens with one attached hydrogen (secondary N) is 3. The molecule has 3 amide bonds. The number of thioether (sulfide) groups is 1. The molecule has 3 atom stereocenters. The summed E-state index contributed by atoms with van der Waals surface area (Å²) in [6, 6.07) is 4.08. The Morgan fingerprint density at radius 1 is 1.41 bits per heavy atom. The number of anilines is 2. The van der Waals surface area contributed by atoms with E-state index in [1.165, 1.54) is 25.6 Å². The number of nitrogens with zero attached hydrogens (tertiary/aromatic N) is 4. The number of pyridine rings is 1. The van der Waals surface area contributed by atoms with Crippen molar-refractivity contribution in [3.63, 3.8) is 0 Å². The molecule has 6 N–H and O–H groups in total. The van der Waals surface area contributed by atoms with Gasteiger partial charge in [0.15, 0.2) is 23.6 Å². The average molecular weight is 663 g/mol. The predicted molar refractivity (Wildman–Crippen MR) is 156 cm³/mol. The van der Waals surface area contributed by atoms with Gasteiger partial charge >= 0.3 is 5.97 Å². The Morgan fingerprint density at radius 3 is 2.80 bits per heavy atom. The lowest BCUT2D eigenvalue weighted by atomic mass is 10.0. The smallest absolute Gasteiger partial charge is 0.347 e. The number of halogens is 1. The second-order valence-electron chi connectivity index (χ2n) is 9.60. The second-order valence-corrected chi connectivity index (χ2v) is 12.3. The first-order chi connectivity index (χ1) is 20.8. The van der Waals surface area contributed by atoms with Crippen LogP contribution in [0.1, 0.15) is 19.5 Å². The van der Waals surface area contributed by atoms with Crippen molar-refractivity contribution in [2.45, 2.75) is 37.9 Å². The number of β-lactam (4-membered cyclic amide) rings is 1. The first-order valence-corrected chi connectivity index (χ1v) is 15.0. The molecule has 0 spiro atoms. The maximum atomic E-state index is 13.3. The number of amides is 3. The van der Waals surface area contributed by atoms with E-state index < -0.39 is 47.0 Å². The predicted octanol–water partition coefficient (Wildman–Crippen LogP) is -0.596. The fourth-order valence-electron chi connectivity index (χ4n) is 4.58. The van der Waals surface area contributed by atoms with Crippen LogP contribution in [0.2, 0.25) is 4.34 Å². The molecule has 3 aromatic rings. The minimum atomic E-state index is -1.56. The van der Waals surface area contributed by atoms with Crippen LogP contribution < -0.4 is 26.0 Å². The van der Waals surface area contributed by atoms with Crippen LogP contribution in [0.4, 0.5) is 10.9 Å². The average Bonchev–Trinajstić information content (AvgIpc) is 3.52. The van der Waals surface area contributed by atoms with Gasteiger partial charge in [-0.25, -0.2) is 9.78 Å². The molecular formula is C25H23ClN8O8S2. The summed E-state index contributed by atoms with van der Waals surface area (Å²) in [5.74, 6) is -4.22. The number of carbonyl (C=O) groups excluding carboxylic acids is 4.